The van der Waals surface area contributed by atoms with Gasteiger partial charge < -0.3 is 20.1 Å². The Morgan fingerprint density at radius 1 is 1.28 bits per heavy atom. The molecule has 0 unspecified atom stereocenters. The minimum atomic E-state index is -1.08. The van der Waals surface area contributed by atoms with Crippen LogP contribution in [0.3, 0.4) is 0 Å². The topological polar surface area (TPSA) is 95.9 Å². The van der Waals surface area contributed by atoms with Crippen LogP contribution in [-0.4, -0.2) is 54.0 Å². The first kappa shape index (κ1) is 18.7. The lowest BCUT2D eigenvalue weighted by molar-refractivity contribution is -0.154. The number of piperidine rings is 1. The second-order valence-corrected chi connectivity index (χ2v) is 5.84. The van der Waals surface area contributed by atoms with Crippen LogP contribution in [0, 0.1) is 11.7 Å². The van der Waals surface area contributed by atoms with Gasteiger partial charge in [0.15, 0.2) is 0 Å². The first-order valence-corrected chi connectivity index (χ1v) is 8.04. The Kier molecular flexibility index (Phi) is 6.32. The quantitative estimate of drug-likeness (QED) is 0.797. The summed E-state index contributed by atoms with van der Waals surface area (Å²) in [5.74, 6) is -2.05. The molecular formula is C17H21FN2O5. The zero-order chi connectivity index (χ0) is 18.4. The predicted octanol–water partition coefficient (Wildman–Crippen LogP) is 1.03. The molecule has 1 aliphatic heterocycles. The van der Waals surface area contributed by atoms with Gasteiger partial charge in [-0.25, -0.2) is 9.18 Å². The van der Waals surface area contributed by atoms with E-state index in [9.17, 15) is 23.9 Å². The minimum absolute atomic E-state index is 0.0262. The third-order valence-corrected chi connectivity index (χ3v) is 4.20. The van der Waals surface area contributed by atoms with Gasteiger partial charge in [-0.3, -0.25) is 9.59 Å². The number of aliphatic carboxylic acids is 1. The van der Waals surface area contributed by atoms with Crippen molar-refractivity contribution in [1.29, 1.82) is 0 Å². The number of ether oxygens (including phenoxy) is 1. The molecule has 7 nitrogen and oxygen atoms in total. The van der Waals surface area contributed by atoms with Crippen LogP contribution in [-0.2, 0) is 14.4 Å². The van der Waals surface area contributed by atoms with Crippen LogP contribution < -0.4 is 10.1 Å². The highest BCUT2D eigenvalue weighted by Crippen LogP contribution is 2.23. The van der Waals surface area contributed by atoms with Crippen molar-refractivity contribution in [2.45, 2.75) is 25.3 Å². The van der Waals surface area contributed by atoms with Crippen molar-refractivity contribution in [3.63, 3.8) is 0 Å². The number of carbonyl (C=O) groups is 3. The normalized spacial score (nSPS) is 20.0. The summed E-state index contributed by atoms with van der Waals surface area (Å²) in [6, 6.07) is 4.45. The van der Waals surface area contributed by atoms with E-state index >= 15 is 0 Å². The zero-order valence-electron chi connectivity index (χ0n) is 13.9. The van der Waals surface area contributed by atoms with Crippen molar-refractivity contribution in [3.05, 3.63) is 30.1 Å². The summed E-state index contributed by atoms with van der Waals surface area (Å²) in [5.41, 5.74) is 0. The Bertz CT molecular complexity index is 634. The Morgan fingerprint density at radius 3 is 2.56 bits per heavy atom. The van der Waals surface area contributed by atoms with Crippen molar-refractivity contribution in [1.82, 2.24) is 10.2 Å². The fourth-order valence-corrected chi connectivity index (χ4v) is 2.85. The maximum atomic E-state index is 12.8. The highest BCUT2D eigenvalue weighted by atomic mass is 19.1. The molecule has 0 aromatic heterocycles. The molecule has 2 rings (SSSR count). The van der Waals surface area contributed by atoms with Crippen LogP contribution in [0.1, 0.15) is 19.3 Å². The molecule has 1 aromatic rings. The van der Waals surface area contributed by atoms with Gasteiger partial charge in [0.2, 0.25) is 11.8 Å². The average Bonchev–Trinajstić information content (AvgIpc) is 2.62. The van der Waals surface area contributed by atoms with Crippen molar-refractivity contribution >= 4 is 17.8 Å². The van der Waals surface area contributed by atoms with E-state index in [0.717, 1.165) is 0 Å². The van der Waals surface area contributed by atoms with Gasteiger partial charge in [-0.15, -0.1) is 0 Å². The molecule has 136 valence electrons. The molecule has 1 heterocycles. The zero-order valence-corrected chi connectivity index (χ0v) is 13.9. The van der Waals surface area contributed by atoms with E-state index in [1.807, 2.05) is 0 Å². The number of likely N-dealkylation sites (tertiary alicyclic amines) is 1. The molecule has 2 N–H and O–H groups in total. The molecular weight excluding hydrogens is 331 g/mol. The number of amides is 2. The molecule has 1 aromatic carbocycles. The number of carbonyl (C=O) groups excluding carboxylic acids is 2. The number of benzene rings is 1. The lowest BCUT2D eigenvalue weighted by atomic mass is 9.91. The van der Waals surface area contributed by atoms with Crippen LogP contribution >= 0.6 is 0 Å². The van der Waals surface area contributed by atoms with Gasteiger partial charge in [0.25, 0.3) is 0 Å². The van der Waals surface area contributed by atoms with Crippen molar-refractivity contribution in [3.8, 4) is 5.75 Å². The summed E-state index contributed by atoms with van der Waals surface area (Å²) >= 11 is 0. The molecule has 0 bridgehead atoms. The number of hydrogen-bond donors (Lipinski definition) is 2. The summed E-state index contributed by atoms with van der Waals surface area (Å²) < 4.78 is 18.2. The number of hydrogen-bond acceptors (Lipinski definition) is 4. The van der Waals surface area contributed by atoms with Crippen molar-refractivity contribution in [2.24, 2.45) is 5.92 Å². The second-order valence-electron chi connectivity index (χ2n) is 5.84. The summed E-state index contributed by atoms with van der Waals surface area (Å²) in [6.07, 6.45) is 0.631. The summed E-state index contributed by atoms with van der Waals surface area (Å²) in [4.78, 5) is 36.8. The molecule has 0 aliphatic carbocycles. The molecule has 1 saturated heterocycles. The number of nitrogens with zero attached hydrogens (tertiary/aromatic N) is 1. The summed E-state index contributed by atoms with van der Waals surface area (Å²) in [7, 11) is 1.51. The van der Waals surface area contributed by atoms with E-state index in [1.54, 1.807) is 0 Å². The number of rotatable bonds is 6. The van der Waals surface area contributed by atoms with Gasteiger partial charge in [-0.1, -0.05) is 0 Å². The van der Waals surface area contributed by atoms with Gasteiger partial charge in [-0.2, -0.15) is 0 Å². The Labute approximate surface area is 144 Å². The molecule has 0 radical (unpaired) electrons. The standard InChI is InChI=1S/C17H21FN2O5/c1-19-16(22)11-2-7-14(17(23)24)20(10-11)15(21)8-9-25-13-5-3-12(18)4-6-13/h3-6,11,14H,2,7-10H2,1H3,(H,19,22)(H,23,24)/t11-,14-/m0/s1. The third kappa shape index (κ3) is 4.91. The van der Waals surface area contributed by atoms with Crippen LogP contribution in [0.4, 0.5) is 4.39 Å². The van der Waals surface area contributed by atoms with E-state index in [0.29, 0.717) is 12.2 Å². The monoisotopic (exact) mass is 352 g/mol. The largest absolute Gasteiger partial charge is 0.493 e. The lowest BCUT2D eigenvalue weighted by Gasteiger charge is -2.36. The third-order valence-electron chi connectivity index (χ3n) is 4.20. The summed E-state index contributed by atoms with van der Waals surface area (Å²) in [6.45, 7) is 0.115. The van der Waals surface area contributed by atoms with Gasteiger partial charge in [0, 0.05) is 13.6 Å². The SMILES string of the molecule is CNC(=O)[C@H]1CC[C@@H](C(=O)O)N(C(=O)CCOc2ccc(F)cc2)C1. The molecule has 25 heavy (non-hydrogen) atoms. The molecule has 2 atom stereocenters. The van der Waals surface area contributed by atoms with E-state index in [2.05, 4.69) is 5.32 Å². The molecule has 0 saturated carbocycles. The van der Waals surface area contributed by atoms with Crippen molar-refractivity contribution < 1.29 is 28.6 Å². The van der Waals surface area contributed by atoms with Gasteiger partial charge in [0.05, 0.1) is 18.9 Å². The predicted molar refractivity (Wildman–Crippen MR) is 86.4 cm³/mol. The molecule has 2 amide bonds. The number of carboxylic acid groups (broad SMARTS) is 1. The number of nitrogens with one attached hydrogen (secondary N) is 1. The van der Waals surface area contributed by atoms with E-state index < -0.39 is 17.9 Å². The first-order valence-electron chi connectivity index (χ1n) is 8.04. The molecule has 8 heteroatoms. The maximum Gasteiger partial charge on any atom is 0.326 e. The van der Waals surface area contributed by atoms with Crippen molar-refractivity contribution in [2.75, 3.05) is 20.2 Å². The summed E-state index contributed by atoms with van der Waals surface area (Å²) in [5, 5.41) is 11.8. The second kappa shape index (κ2) is 8.46. The fraction of sp³-hybridized carbons (Fsp3) is 0.471. The first-order chi connectivity index (χ1) is 11.9. The number of halogens is 1. The van der Waals surface area contributed by atoms with Gasteiger partial charge >= 0.3 is 5.97 Å². The van der Waals surface area contributed by atoms with E-state index in [4.69, 9.17) is 4.74 Å². The lowest BCUT2D eigenvalue weighted by Crippen LogP contribution is -2.53. The Hall–Kier alpha value is -2.64. The smallest absolute Gasteiger partial charge is 0.326 e. The van der Waals surface area contributed by atoms with E-state index in [-0.39, 0.29) is 43.6 Å². The van der Waals surface area contributed by atoms with Crippen LogP contribution in [0.15, 0.2) is 24.3 Å². The highest BCUT2D eigenvalue weighted by molar-refractivity contribution is 5.86. The van der Waals surface area contributed by atoms with Crippen LogP contribution in [0.5, 0.6) is 5.75 Å². The van der Waals surface area contributed by atoms with Crippen LogP contribution in [0.25, 0.3) is 0 Å². The fourth-order valence-electron chi connectivity index (χ4n) is 2.85. The number of carboxylic acids is 1. The maximum absolute atomic E-state index is 12.8. The Balaban J connectivity index is 1.94. The molecule has 0 spiro atoms. The van der Waals surface area contributed by atoms with Gasteiger partial charge in [-0.05, 0) is 37.1 Å². The molecule has 1 aliphatic rings. The Morgan fingerprint density at radius 2 is 1.96 bits per heavy atom. The minimum Gasteiger partial charge on any atom is -0.493 e. The van der Waals surface area contributed by atoms with E-state index in [1.165, 1.54) is 36.2 Å². The highest BCUT2D eigenvalue weighted by Gasteiger charge is 2.37. The van der Waals surface area contributed by atoms with Crippen LogP contribution in [0.2, 0.25) is 0 Å². The average molecular weight is 352 g/mol. The molecule has 1 fully saturated rings. The van der Waals surface area contributed by atoms with Gasteiger partial charge in [0.1, 0.15) is 17.6 Å².